The molecule has 0 amide bonds. The van der Waals surface area contributed by atoms with Gasteiger partial charge in [-0.2, -0.15) is 0 Å². The van der Waals surface area contributed by atoms with Crippen molar-refractivity contribution in [1.82, 2.24) is 10.2 Å². The van der Waals surface area contributed by atoms with E-state index < -0.39 is 17.2 Å². The Bertz CT molecular complexity index is 1010. The quantitative estimate of drug-likeness (QED) is 0.596. The van der Waals surface area contributed by atoms with Gasteiger partial charge in [-0.25, -0.2) is 0 Å². The predicted molar refractivity (Wildman–Crippen MR) is 134 cm³/mol. The summed E-state index contributed by atoms with van der Waals surface area (Å²) in [5.41, 5.74) is 1.07. The van der Waals surface area contributed by atoms with Crippen LogP contribution in [0.5, 0.6) is 11.5 Å². The number of esters is 1. The largest absolute Gasteiger partial charge is 0.504 e. The molecule has 1 saturated carbocycles. The number of ether oxygens (including phenoxy) is 3. The van der Waals surface area contributed by atoms with Crippen molar-refractivity contribution in [3.63, 3.8) is 0 Å². The Kier molecular flexibility index (Phi) is 5.93. The van der Waals surface area contributed by atoms with E-state index in [1.165, 1.54) is 5.56 Å². The first kappa shape index (κ1) is 24.8. The maximum Gasteiger partial charge on any atom is 0.323 e. The third kappa shape index (κ3) is 3.45. The number of hydrogen-bond acceptors (Lipinski definition) is 7. The maximum absolute atomic E-state index is 13.3. The molecular weight excluding hydrogens is 444 g/mol. The SMILES string of the molecule is CCC(C)C(NC1CC[C@@]2(OC)C3Cc4ccc(O)c5c4[C@@]2(CCN3C)[C@H]1O5)C(=O)OC(C)(C)C. The topological polar surface area (TPSA) is 80.3 Å². The van der Waals surface area contributed by atoms with E-state index in [-0.39, 0.29) is 41.2 Å². The Morgan fingerprint density at radius 2 is 2.09 bits per heavy atom. The van der Waals surface area contributed by atoms with Gasteiger partial charge in [0.1, 0.15) is 17.7 Å². The molecule has 0 radical (unpaired) electrons. The van der Waals surface area contributed by atoms with E-state index in [0.717, 1.165) is 44.2 Å². The Balaban J connectivity index is 1.57. The smallest absolute Gasteiger partial charge is 0.323 e. The number of nitrogens with one attached hydrogen (secondary N) is 1. The van der Waals surface area contributed by atoms with Crippen LogP contribution in [-0.2, 0) is 26.1 Å². The highest BCUT2D eigenvalue weighted by molar-refractivity contribution is 5.76. The molecule has 5 rings (SSSR count). The zero-order valence-electron chi connectivity index (χ0n) is 22.3. The van der Waals surface area contributed by atoms with Gasteiger partial charge < -0.3 is 24.2 Å². The van der Waals surface area contributed by atoms with Crippen molar-refractivity contribution in [3.8, 4) is 11.5 Å². The average molecular weight is 487 g/mol. The van der Waals surface area contributed by atoms with Crippen molar-refractivity contribution in [2.75, 3.05) is 20.7 Å². The number of nitrogens with zero attached hydrogens (tertiary/aromatic N) is 1. The number of rotatable bonds is 6. The number of likely N-dealkylation sites (tertiary alicyclic amines) is 1. The van der Waals surface area contributed by atoms with Crippen LogP contribution in [0.25, 0.3) is 0 Å². The number of phenolic OH excluding ortho intramolecular Hbond substituents is 1. The minimum Gasteiger partial charge on any atom is -0.504 e. The fourth-order valence-electron chi connectivity index (χ4n) is 7.61. The fraction of sp³-hybridized carbons (Fsp3) is 0.750. The number of benzene rings is 1. The summed E-state index contributed by atoms with van der Waals surface area (Å²) in [6.07, 6.45) is 4.09. The molecule has 1 spiro atoms. The van der Waals surface area contributed by atoms with E-state index in [1.54, 1.807) is 6.07 Å². The van der Waals surface area contributed by atoms with Crippen LogP contribution in [0.4, 0.5) is 0 Å². The monoisotopic (exact) mass is 486 g/mol. The molecule has 35 heavy (non-hydrogen) atoms. The van der Waals surface area contributed by atoms with E-state index in [1.807, 2.05) is 27.9 Å². The molecular formula is C28H42N2O5. The number of hydrogen-bond donors (Lipinski definition) is 2. The summed E-state index contributed by atoms with van der Waals surface area (Å²) in [5, 5.41) is 14.6. The van der Waals surface area contributed by atoms with Crippen LogP contribution in [0.1, 0.15) is 71.4 Å². The van der Waals surface area contributed by atoms with Crippen molar-refractivity contribution in [2.45, 2.75) is 108 Å². The lowest BCUT2D eigenvalue weighted by Crippen LogP contribution is -2.78. The molecule has 2 aliphatic heterocycles. The Hall–Kier alpha value is -1.83. The first-order valence-corrected chi connectivity index (χ1v) is 13.3. The normalized spacial score (nSPS) is 35.1. The highest BCUT2D eigenvalue weighted by atomic mass is 16.6. The molecule has 2 N–H and O–H groups in total. The van der Waals surface area contributed by atoms with E-state index in [9.17, 15) is 9.90 Å². The van der Waals surface area contributed by atoms with Gasteiger partial charge in [0.15, 0.2) is 11.5 Å². The van der Waals surface area contributed by atoms with Gasteiger partial charge >= 0.3 is 5.97 Å². The van der Waals surface area contributed by atoms with E-state index in [0.29, 0.717) is 5.75 Å². The number of phenols is 1. The Morgan fingerprint density at radius 3 is 2.74 bits per heavy atom. The summed E-state index contributed by atoms with van der Waals surface area (Å²) < 4.78 is 19.1. The second-order valence-electron chi connectivity index (χ2n) is 12.2. The molecule has 4 aliphatic rings. The van der Waals surface area contributed by atoms with Crippen LogP contribution >= 0.6 is 0 Å². The van der Waals surface area contributed by atoms with Gasteiger partial charge in [-0.05, 0) is 77.6 Å². The van der Waals surface area contributed by atoms with Gasteiger partial charge in [0, 0.05) is 24.8 Å². The summed E-state index contributed by atoms with van der Waals surface area (Å²) >= 11 is 0. The Morgan fingerprint density at radius 1 is 1.34 bits per heavy atom. The van der Waals surface area contributed by atoms with Crippen molar-refractivity contribution >= 4 is 5.97 Å². The summed E-state index contributed by atoms with van der Waals surface area (Å²) in [6, 6.07) is 3.58. The van der Waals surface area contributed by atoms with Crippen LogP contribution in [0, 0.1) is 5.92 Å². The number of piperidine rings is 1. The zero-order chi connectivity index (χ0) is 25.3. The predicted octanol–water partition coefficient (Wildman–Crippen LogP) is 3.54. The lowest BCUT2D eigenvalue weighted by Gasteiger charge is -2.65. The minimum absolute atomic E-state index is 0.0633. The molecule has 1 saturated heterocycles. The first-order valence-electron chi connectivity index (χ1n) is 13.3. The molecule has 0 aromatic heterocycles. The minimum atomic E-state index is -0.549. The van der Waals surface area contributed by atoms with Gasteiger partial charge in [0.05, 0.1) is 11.0 Å². The van der Waals surface area contributed by atoms with Crippen LogP contribution in [-0.4, -0.2) is 72.1 Å². The first-order chi connectivity index (χ1) is 16.5. The molecule has 2 fully saturated rings. The zero-order valence-corrected chi connectivity index (χ0v) is 22.3. The van der Waals surface area contributed by atoms with E-state index in [4.69, 9.17) is 14.2 Å². The average Bonchev–Trinajstić information content (AvgIpc) is 3.16. The second-order valence-corrected chi connectivity index (χ2v) is 12.2. The highest BCUT2D eigenvalue weighted by Gasteiger charge is 2.73. The van der Waals surface area contributed by atoms with Gasteiger partial charge in [-0.3, -0.25) is 10.1 Å². The van der Waals surface area contributed by atoms with E-state index in [2.05, 4.69) is 37.2 Å². The van der Waals surface area contributed by atoms with Crippen LogP contribution in [0.2, 0.25) is 0 Å². The molecule has 194 valence electrons. The number of methoxy groups -OCH3 is 1. The van der Waals surface area contributed by atoms with Crippen molar-refractivity contribution in [3.05, 3.63) is 23.3 Å². The molecule has 7 heteroatoms. The van der Waals surface area contributed by atoms with Crippen molar-refractivity contribution in [1.29, 1.82) is 0 Å². The molecule has 2 bridgehead atoms. The fourth-order valence-corrected chi connectivity index (χ4v) is 7.61. The second kappa shape index (κ2) is 8.35. The molecule has 7 nitrogen and oxygen atoms in total. The number of carbonyl (C=O) groups excluding carboxylic acids is 1. The lowest BCUT2D eigenvalue weighted by atomic mass is 9.48. The maximum atomic E-state index is 13.3. The van der Waals surface area contributed by atoms with Crippen molar-refractivity contribution in [2.24, 2.45) is 5.92 Å². The summed E-state index contributed by atoms with van der Waals surface area (Å²) in [6.45, 7) is 10.9. The van der Waals surface area contributed by atoms with Gasteiger partial charge in [0.2, 0.25) is 0 Å². The number of aromatic hydroxyl groups is 1. The standard InChI is InChI=1S/C28H42N2O5/c1-8-16(2)22(25(32)35-26(3,4)5)29-18-11-12-28(33-7)20-15-17-9-10-19(31)23-21(17)27(28,24(18)34-23)13-14-30(20)6/h9-10,16,18,20,22,24,29,31H,8,11-15H2,1-7H3/t16?,18?,20?,22?,24-,27-,28+/m0/s1. The number of likely N-dealkylation sites (N-methyl/N-ethyl adjacent to an activating group) is 1. The summed E-state index contributed by atoms with van der Waals surface area (Å²) in [5.74, 6) is 0.708. The van der Waals surface area contributed by atoms with Crippen molar-refractivity contribution < 1.29 is 24.1 Å². The van der Waals surface area contributed by atoms with Crippen LogP contribution in [0.3, 0.4) is 0 Å². The van der Waals surface area contributed by atoms with Gasteiger partial charge in [-0.15, -0.1) is 0 Å². The molecule has 1 aromatic rings. The lowest BCUT2D eigenvalue weighted by molar-refractivity contribution is -0.204. The molecule has 7 atom stereocenters. The van der Waals surface area contributed by atoms with Gasteiger partial charge in [0.25, 0.3) is 0 Å². The van der Waals surface area contributed by atoms with Crippen LogP contribution < -0.4 is 10.1 Å². The molecule has 2 aliphatic carbocycles. The number of carbonyl (C=O) groups is 1. The third-order valence-electron chi connectivity index (χ3n) is 9.32. The summed E-state index contributed by atoms with van der Waals surface area (Å²) in [4.78, 5) is 15.7. The Labute approximate surface area is 209 Å². The molecule has 4 unspecified atom stereocenters. The van der Waals surface area contributed by atoms with Crippen LogP contribution in [0.15, 0.2) is 12.1 Å². The molecule has 2 heterocycles. The molecule has 1 aromatic carbocycles. The highest BCUT2D eigenvalue weighted by Crippen LogP contribution is 2.66. The third-order valence-corrected chi connectivity index (χ3v) is 9.32. The summed E-state index contributed by atoms with van der Waals surface area (Å²) in [7, 11) is 4.04. The van der Waals surface area contributed by atoms with Gasteiger partial charge in [-0.1, -0.05) is 26.3 Å². The van der Waals surface area contributed by atoms with E-state index >= 15 is 0 Å².